The van der Waals surface area contributed by atoms with Gasteiger partial charge in [-0.2, -0.15) is 0 Å². The number of rotatable bonds is 5. The molecule has 1 heterocycles. The standard InChI is InChI=1S/C15H18FNO4/c16-10-4-6-12(15(19)20)13(9-10)17-14(18)7-5-11-3-1-2-8-21-11/h4,6,9,11H,1-3,5,7-8H2,(H,17,18)(H,19,20). The molecule has 1 atom stereocenters. The van der Waals surface area contributed by atoms with Crippen LogP contribution in [0.4, 0.5) is 10.1 Å². The van der Waals surface area contributed by atoms with Crippen molar-refractivity contribution in [1.29, 1.82) is 0 Å². The Morgan fingerprint density at radius 3 is 2.86 bits per heavy atom. The largest absolute Gasteiger partial charge is 0.478 e. The monoisotopic (exact) mass is 295 g/mol. The molecular weight excluding hydrogens is 277 g/mol. The molecule has 1 saturated heterocycles. The number of ether oxygens (including phenoxy) is 1. The van der Waals surface area contributed by atoms with Crippen LogP contribution in [0.5, 0.6) is 0 Å². The van der Waals surface area contributed by atoms with Gasteiger partial charge in [0.25, 0.3) is 0 Å². The highest BCUT2D eigenvalue weighted by atomic mass is 19.1. The number of halogens is 1. The van der Waals surface area contributed by atoms with Crippen molar-refractivity contribution in [3.05, 3.63) is 29.6 Å². The van der Waals surface area contributed by atoms with Crippen LogP contribution in [0.15, 0.2) is 18.2 Å². The lowest BCUT2D eigenvalue weighted by Gasteiger charge is -2.22. The summed E-state index contributed by atoms with van der Waals surface area (Å²) in [4.78, 5) is 22.9. The fourth-order valence-electron chi connectivity index (χ4n) is 2.35. The second-order valence-electron chi connectivity index (χ2n) is 5.07. The number of carbonyl (C=O) groups excluding carboxylic acids is 1. The lowest BCUT2D eigenvalue weighted by molar-refractivity contribution is -0.117. The minimum Gasteiger partial charge on any atom is -0.478 e. The molecule has 1 aliphatic heterocycles. The van der Waals surface area contributed by atoms with Gasteiger partial charge in [0.05, 0.1) is 17.4 Å². The van der Waals surface area contributed by atoms with Gasteiger partial charge in [-0.25, -0.2) is 9.18 Å². The number of carboxylic acids is 1. The van der Waals surface area contributed by atoms with Gasteiger partial charge in [0, 0.05) is 13.0 Å². The van der Waals surface area contributed by atoms with Crippen molar-refractivity contribution in [3.8, 4) is 0 Å². The number of benzene rings is 1. The van der Waals surface area contributed by atoms with E-state index in [9.17, 15) is 14.0 Å². The van der Waals surface area contributed by atoms with Crippen molar-refractivity contribution in [3.63, 3.8) is 0 Å². The fourth-order valence-corrected chi connectivity index (χ4v) is 2.35. The number of aromatic carboxylic acids is 1. The van der Waals surface area contributed by atoms with Crippen molar-refractivity contribution < 1.29 is 23.8 Å². The molecule has 0 radical (unpaired) electrons. The van der Waals surface area contributed by atoms with Crippen molar-refractivity contribution in [2.24, 2.45) is 0 Å². The maximum Gasteiger partial charge on any atom is 0.337 e. The smallest absolute Gasteiger partial charge is 0.337 e. The summed E-state index contributed by atoms with van der Waals surface area (Å²) in [6.07, 6.45) is 3.97. The Hall–Kier alpha value is -1.95. The number of hydrogen-bond acceptors (Lipinski definition) is 3. The molecule has 114 valence electrons. The van der Waals surface area contributed by atoms with Crippen molar-refractivity contribution in [2.75, 3.05) is 11.9 Å². The van der Waals surface area contributed by atoms with Crippen molar-refractivity contribution >= 4 is 17.6 Å². The molecule has 0 aliphatic carbocycles. The average Bonchev–Trinajstić information content (AvgIpc) is 2.46. The summed E-state index contributed by atoms with van der Waals surface area (Å²) in [7, 11) is 0. The fraction of sp³-hybridized carbons (Fsp3) is 0.467. The van der Waals surface area contributed by atoms with Gasteiger partial charge in [-0.05, 0) is 43.9 Å². The van der Waals surface area contributed by atoms with Crippen molar-refractivity contribution in [2.45, 2.75) is 38.2 Å². The molecule has 1 aromatic rings. The quantitative estimate of drug-likeness (QED) is 0.876. The van der Waals surface area contributed by atoms with Gasteiger partial charge in [0.15, 0.2) is 0 Å². The third kappa shape index (κ3) is 4.53. The van der Waals surface area contributed by atoms with E-state index in [1.165, 1.54) is 0 Å². The van der Waals surface area contributed by atoms with Gasteiger partial charge in [-0.1, -0.05) is 0 Å². The molecule has 1 fully saturated rings. The van der Waals surface area contributed by atoms with Crippen LogP contribution >= 0.6 is 0 Å². The molecule has 0 bridgehead atoms. The Morgan fingerprint density at radius 1 is 1.38 bits per heavy atom. The molecule has 0 aromatic heterocycles. The normalized spacial score (nSPS) is 18.2. The van der Waals surface area contributed by atoms with Gasteiger partial charge >= 0.3 is 5.97 Å². The highest BCUT2D eigenvalue weighted by Gasteiger charge is 2.17. The molecule has 5 nitrogen and oxygen atoms in total. The van der Waals surface area contributed by atoms with Crippen LogP contribution in [0.3, 0.4) is 0 Å². The number of amides is 1. The second-order valence-corrected chi connectivity index (χ2v) is 5.07. The Morgan fingerprint density at radius 2 is 2.19 bits per heavy atom. The molecule has 0 saturated carbocycles. The predicted molar refractivity (Wildman–Crippen MR) is 74.8 cm³/mol. The zero-order valence-electron chi connectivity index (χ0n) is 11.6. The van der Waals surface area contributed by atoms with E-state index < -0.39 is 11.8 Å². The first-order valence-electron chi connectivity index (χ1n) is 7.00. The summed E-state index contributed by atoms with van der Waals surface area (Å²) in [6.45, 7) is 0.722. The van der Waals surface area contributed by atoms with Gasteiger partial charge in [0.1, 0.15) is 5.82 Å². The van der Waals surface area contributed by atoms with E-state index in [1.807, 2.05) is 0 Å². The second kappa shape index (κ2) is 7.17. The molecule has 6 heteroatoms. The summed E-state index contributed by atoms with van der Waals surface area (Å²) in [5.41, 5.74) is -0.143. The van der Waals surface area contributed by atoms with Crippen LogP contribution < -0.4 is 5.32 Å². The van der Waals surface area contributed by atoms with Crippen LogP contribution in [0.1, 0.15) is 42.5 Å². The predicted octanol–water partition coefficient (Wildman–Crippen LogP) is 2.81. The minimum atomic E-state index is -1.21. The highest BCUT2D eigenvalue weighted by Crippen LogP contribution is 2.20. The number of anilines is 1. The Bertz CT molecular complexity index is 526. The molecule has 2 N–H and O–H groups in total. The molecule has 0 spiro atoms. The van der Waals surface area contributed by atoms with E-state index in [0.717, 1.165) is 44.1 Å². The van der Waals surface area contributed by atoms with E-state index in [-0.39, 0.29) is 29.7 Å². The third-order valence-electron chi connectivity index (χ3n) is 3.45. The number of nitrogens with one attached hydrogen (secondary N) is 1. The number of hydrogen-bond donors (Lipinski definition) is 2. The first kappa shape index (κ1) is 15.4. The summed E-state index contributed by atoms with van der Waals surface area (Å²) >= 11 is 0. The Kier molecular flexibility index (Phi) is 5.27. The molecular formula is C15H18FNO4. The van der Waals surface area contributed by atoms with Crippen molar-refractivity contribution in [1.82, 2.24) is 0 Å². The third-order valence-corrected chi connectivity index (χ3v) is 3.45. The molecule has 2 rings (SSSR count). The van der Waals surface area contributed by atoms with Crippen LogP contribution in [-0.2, 0) is 9.53 Å². The van der Waals surface area contributed by atoms with Gasteiger partial charge in [0.2, 0.25) is 5.91 Å². The minimum absolute atomic E-state index is 0.0166. The number of carbonyl (C=O) groups is 2. The summed E-state index contributed by atoms with van der Waals surface area (Å²) < 4.78 is 18.7. The van der Waals surface area contributed by atoms with Crippen LogP contribution in [-0.4, -0.2) is 29.7 Å². The Labute approximate surface area is 122 Å². The zero-order valence-corrected chi connectivity index (χ0v) is 11.6. The molecule has 1 aliphatic rings. The van der Waals surface area contributed by atoms with E-state index in [2.05, 4.69) is 5.32 Å². The van der Waals surface area contributed by atoms with E-state index in [1.54, 1.807) is 0 Å². The van der Waals surface area contributed by atoms with Gasteiger partial charge in [-0.3, -0.25) is 4.79 Å². The maximum atomic E-state index is 13.2. The van der Waals surface area contributed by atoms with Crippen LogP contribution in [0.2, 0.25) is 0 Å². The highest BCUT2D eigenvalue weighted by molar-refractivity contribution is 6.00. The molecule has 21 heavy (non-hydrogen) atoms. The Balaban J connectivity index is 1.92. The number of carboxylic acid groups (broad SMARTS) is 1. The topological polar surface area (TPSA) is 75.6 Å². The average molecular weight is 295 g/mol. The van der Waals surface area contributed by atoms with E-state index in [0.29, 0.717) is 6.42 Å². The maximum absolute atomic E-state index is 13.2. The van der Waals surface area contributed by atoms with E-state index in [4.69, 9.17) is 9.84 Å². The molecule has 1 aromatic carbocycles. The lowest BCUT2D eigenvalue weighted by Crippen LogP contribution is -2.22. The van der Waals surface area contributed by atoms with Crippen LogP contribution in [0.25, 0.3) is 0 Å². The molecule has 1 unspecified atom stereocenters. The summed E-state index contributed by atoms with van der Waals surface area (Å²) in [5, 5.41) is 11.5. The zero-order chi connectivity index (χ0) is 15.2. The van der Waals surface area contributed by atoms with Crippen LogP contribution in [0, 0.1) is 5.82 Å². The first-order chi connectivity index (χ1) is 10.1. The molecule has 1 amide bonds. The summed E-state index contributed by atoms with van der Waals surface area (Å²) in [6, 6.07) is 3.20. The van der Waals surface area contributed by atoms with Gasteiger partial charge in [-0.15, -0.1) is 0 Å². The summed E-state index contributed by atoms with van der Waals surface area (Å²) in [5.74, 6) is -2.14. The van der Waals surface area contributed by atoms with E-state index >= 15 is 0 Å². The lowest BCUT2D eigenvalue weighted by atomic mass is 10.0. The first-order valence-corrected chi connectivity index (χ1v) is 7.00. The van der Waals surface area contributed by atoms with Gasteiger partial charge < -0.3 is 15.2 Å². The SMILES string of the molecule is O=C(CCC1CCCCO1)Nc1cc(F)ccc1C(=O)O.